The van der Waals surface area contributed by atoms with Crippen LogP contribution in [0.1, 0.15) is 39.5 Å². The summed E-state index contributed by atoms with van der Waals surface area (Å²) in [5, 5.41) is 18.1. The number of carbonyl (C=O) groups is 1. The first-order valence-corrected chi connectivity index (χ1v) is 12.2. The van der Waals surface area contributed by atoms with Gasteiger partial charge in [-0.2, -0.15) is 5.26 Å². The second kappa shape index (κ2) is 13.4. The molecule has 0 aromatic heterocycles. The van der Waals surface area contributed by atoms with E-state index in [1.807, 2.05) is 48.7 Å². The predicted octanol–water partition coefficient (Wildman–Crippen LogP) is 4.21. The van der Waals surface area contributed by atoms with Crippen molar-refractivity contribution >= 4 is 17.6 Å². The molecule has 3 rings (SSSR count). The van der Waals surface area contributed by atoms with Crippen molar-refractivity contribution in [2.45, 2.75) is 45.6 Å². The number of carbonyl (C=O) groups excluding carboxylic acids is 1. The number of aliphatic imine (C=N–C) groups is 1. The lowest BCUT2D eigenvalue weighted by atomic mass is 10.0. The van der Waals surface area contributed by atoms with Crippen LogP contribution in [0.15, 0.2) is 59.6 Å². The molecule has 1 fully saturated rings. The van der Waals surface area contributed by atoms with Gasteiger partial charge in [-0.25, -0.2) is 4.99 Å². The zero-order valence-electron chi connectivity index (χ0n) is 20.3. The van der Waals surface area contributed by atoms with Gasteiger partial charge < -0.3 is 15.5 Å². The number of nitriles is 1. The van der Waals surface area contributed by atoms with Crippen LogP contribution in [-0.4, -0.2) is 49.0 Å². The number of hydrogen-bond acceptors (Lipinski definition) is 4. The normalized spacial score (nSPS) is 15.1. The molecule has 0 spiro atoms. The summed E-state index contributed by atoms with van der Waals surface area (Å²) in [6, 6.07) is 17.9. The average molecular weight is 461 g/mol. The molecule has 7 nitrogen and oxygen atoms in total. The van der Waals surface area contributed by atoms with E-state index in [2.05, 4.69) is 46.8 Å². The second-order valence-electron chi connectivity index (χ2n) is 9.17. The third-order valence-electron chi connectivity index (χ3n) is 5.85. The largest absolute Gasteiger partial charge is 0.355 e. The number of benzene rings is 2. The highest BCUT2D eigenvalue weighted by Gasteiger charge is 2.17. The average Bonchev–Trinajstić information content (AvgIpc) is 3.33. The Morgan fingerprint density at radius 1 is 1.06 bits per heavy atom. The molecule has 1 aliphatic rings. The van der Waals surface area contributed by atoms with E-state index in [1.54, 1.807) is 0 Å². The molecule has 0 bridgehead atoms. The summed E-state index contributed by atoms with van der Waals surface area (Å²) in [6.07, 6.45) is 5.49. The van der Waals surface area contributed by atoms with Gasteiger partial charge in [0.1, 0.15) is 0 Å². The first kappa shape index (κ1) is 25.3. The fraction of sp³-hybridized carbons (Fsp3) is 0.444. The Labute approximate surface area is 203 Å². The minimum absolute atomic E-state index is 0.00267. The van der Waals surface area contributed by atoms with E-state index in [1.165, 1.54) is 12.8 Å². The van der Waals surface area contributed by atoms with Crippen LogP contribution in [0.3, 0.4) is 0 Å². The SMILES string of the molecule is CC(C)CC(CC(=O)NCCN1CCCC1)N=C(NC#N)Nc1ccc(-c2ccccc2)cc1. The van der Waals surface area contributed by atoms with Gasteiger partial charge in [0.15, 0.2) is 6.19 Å². The van der Waals surface area contributed by atoms with Gasteiger partial charge in [-0.3, -0.25) is 10.1 Å². The molecule has 2 aromatic carbocycles. The number of nitrogens with one attached hydrogen (secondary N) is 3. The maximum absolute atomic E-state index is 12.6. The number of likely N-dealkylation sites (tertiary alicyclic amines) is 1. The van der Waals surface area contributed by atoms with Crippen molar-refractivity contribution in [3.63, 3.8) is 0 Å². The van der Waals surface area contributed by atoms with Crippen molar-refractivity contribution in [1.82, 2.24) is 15.5 Å². The molecular formula is C27H36N6O. The quantitative estimate of drug-likeness (QED) is 0.214. The third kappa shape index (κ3) is 8.53. The van der Waals surface area contributed by atoms with E-state index >= 15 is 0 Å². The highest BCUT2D eigenvalue weighted by atomic mass is 16.1. The number of nitrogens with zero attached hydrogens (tertiary/aromatic N) is 3. The molecule has 7 heteroatoms. The molecule has 1 atom stereocenters. The van der Waals surface area contributed by atoms with Gasteiger partial charge in [-0.1, -0.05) is 56.3 Å². The van der Waals surface area contributed by atoms with Crippen LogP contribution in [0.2, 0.25) is 0 Å². The van der Waals surface area contributed by atoms with E-state index in [0.717, 1.165) is 42.9 Å². The zero-order chi connectivity index (χ0) is 24.2. The van der Waals surface area contributed by atoms with Gasteiger partial charge in [-0.05, 0) is 61.5 Å². The number of amides is 1. The molecule has 0 radical (unpaired) electrons. The summed E-state index contributed by atoms with van der Waals surface area (Å²) < 4.78 is 0. The van der Waals surface area contributed by atoms with Gasteiger partial charge in [0.05, 0.1) is 6.04 Å². The van der Waals surface area contributed by atoms with Crippen molar-refractivity contribution in [2.24, 2.45) is 10.9 Å². The lowest BCUT2D eigenvalue weighted by Gasteiger charge is -2.18. The Hall–Kier alpha value is -3.37. The summed E-state index contributed by atoms with van der Waals surface area (Å²) in [4.78, 5) is 19.7. The summed E-state index contributed by atoms with van der Waals surface area (Å²) >= 11 is 0. The van der Waals surface area contributed by atoms with Crippen LogP contribution in [0, 0.1) is 17.4 Å². The Morgan fingerprint density at radius 3 is 2.38 bits per heavy atom. The minimum atomic E-state index is -0.223. The van der Waals surface area contributed by atoms with Gasteiger partial charge in [0, 0.05) is 25.2 Å². The van der Waals surface area contributed by atoms with Crippen LogP contribution >= 0.6 is 0 Å². The number of hydrogen-bond donors (Lipinski definition) is 3. The first-order valence-electron chi connectivity index (χ1n) is 12.2. The van der Waals surface area contributed by atoms with Crippen molar-refractivity contribution < 1.29 is 4.79 Å². The summed E-state index contributed by atoms with van der Waals surface area (Å²) in [5.41, 5.74) is 3.08. The molecule has 1 aliphatic heterocycles. The Kier molecular flexibility index (Phi) is 9.93. The van der Waals surface area contributed by atoms with Crippen LogP contribution in [0.5, 0.6) is 0 Å². The predicted molar refractivity (Wildman–Crippen MR) is 138 cm³/mol. The third-order valence-corrected chi connectivity index (χ3v) is 5.85. The molecule has 2 aromatic rings. The number of guanidine groups is 1. The maximum atomic E-state index is 12.6. The van der Waals surface area contributed by atoms with Crippen LogP contribution in [-0.2, 0) is 4.79 Å². The molecule has 1 amide bonds. The summed E-state index contributed by atoms with van der Waals surface area (Å²) in [5.74, 6) is 0.724. The topological polar surface area (TPSA) is 92.6 Å². The highest BCUT2D eigenvalue weighted by Crippen LogP contribution is 2.21. The lowest BCUT2D eigenvalue weighted by Crippen LogP contribution is -2.35. The van der Waals surface area contributed by atoms with Gasteiger partial charge in [-0.15, -0.1) is 0 Å². The van der Waals surface area contributed by atoms with E-state index < -0.39 is 0 Å². The van der Waals surface area contributed by atoms with Crippen LogP contribution in [0.4, 0.5) is 5.69 Å². The lowest BCUT2D eigenvalue weighted by molar-refractivity contribution is -0.121. The summed E-state index contributed by atoms with van der Waals surface area (Å²) in [6.45, 7) is 8.02. The van der Waals surface area contributed by atoms with Crippen molar-refractivity contribution in [3.05, 3.63) is 54.6 Å². The van der Waals surface area contributed by atoms with E-state index in [9.17, 15) is 10.1 Å². The Balaban J connectivity index is 1.61. The van der Waals surface area contributed by atoms with Crippen molar-refractivity contribution in [2.75, 3.05) is 31.5 Å². The van der Waals surface area contributed by atoms with Gasteiger partial charge in [0.25, 0.3) is 0 Å². The van der Waals surface area contributed by atoms with Crippen LogP contribution < -0.4 is 16.0 Å². The molecule has 3 N–H and O–H groups in total. The van der Waals surface area contributed by atoms with E-state index in [-0.39, 0.29) is 11.9 Å². The van der Waals surface area contributed by atoms with E-state index in [0.29, 0.717) is 24.8 Å². The fourth-order valence-electron chi connectivity index (χ4n) is 4.22. The number of rotatable bonds is 10. The molecule has 1 saturated heterocycles. The molecule has 34 heavy (non-hydrogen) atoms. The molecule has 180 valence electrons. The molecule has 0 aliphatic carbocycles. The Morgan fingerprint density at radius 2 is 1.74 bits per heavy atom. The van der Waals surface area contributed by atoms with Gasteiger partial charge in [0.2, 0.25) is 11.9 Å². The van der Waals surface area contributed by atoms with Crippen molar-refractivity contribution in [1.29, 1.82) is 5.26 Å². The highest BCUT2D eigenvalue weighted by molar-refractivity contribution is 5.95. The minimum Gasteiger partial charge on any atom is -0.355 e. The first-order chi connectivity index (χ1) is 16.5. The van der Waals surface area contributed by atoms with E-state index in [4.69, 9.17) is 4.99 Å². The smallest absolute Gasteiger partial charge is 0.222 e. The van der Waals surface area contributed by atoms with Crippen molar-refractivity contribution in [3.8, 4) is 17.3 Å². The monoisotopic (exact) mass is 460 g/mol. The second-order valence-corrected chi connectivity index (χ2v) is 9.17. The Bertz CT molecular complexity index is 959. The molecule has 1 unspecified atom stereocenters. The fourth-order valence-corrected chi connectivity index (χ4v) is 4.22. The zero-order valence-corrected chi connectivity index (χ0v) is 20.3. The maximum Gasteiger partial charge on any atom is 0.222 e. The summed E-state index contributed by atoms with van der Waals surface area (Å²) in [7, 11) is 0. The standard InChI is InChI=1S/C27H36N6O/c1-21(2)18-25(19-26(34)29-14-17-33-15-6-7-16-33)32-27(30-20-28)31-24-12-10-23(11-13-24)22-8-4-3-5-9-22/h3-5,8-13,21,25H,6-7,14-19H2,1-2H3,(H,29,34)(H2,30,31,32). The van der Waals surface area contributed by atoms with Gasteiger partial charge >= 0.3 is 0 Å². The molecular weight excluding hydrogens is 424 g/mol. The molecule has 0 saturated carbocycles. The van der Waals surface area contributed by atoms with Crippen LogP contribution in [0.25, 0.3) is 11.1 Å². The molecule has 1 heterocycles. The number of anilines is 1.